The second kappa shape index (κ2) is 6.70. The molecule has 0 spiro atoms. The number of anilines is 1. The molecule has 18 heavy (non-hydrogen) atoms. The van der Waals surface area contributed by atoms with Crippen molar-refractivity contribution in [3.8, 4) is 0 Å². The van der Waals surface area contributed by atoms with Crippen molar-refractivity contribution in [1.82, 2.24) is 15.2 Å². The molecule has 2 N–H and O–H groups in total. The van der Waals surface area contributed by atoms with Crippen molar-refractivity contribution in [1.29, 1.82) is 0 Å². The third-order valence-corrected chi connectivity index (χ3v) is 3.80. The van der Waals surface area contributed by atoms with Crippen molar-refractivity contribution in [3.05, 3.63) is 11.6 Å². The topological polar surface area (TPSA) is 57.3 Å². The molecule has 2 rings (SSSR count). The molecule has 0 unspecified atom stereocenters. The number of carbonyl (C=O) groups excluding carboxylic acids is 1. The fourth-order valence-electron chi connectivity index (χ4n) is 2.24. The van der Waals surface area contributed by atoms with Crippen LogP contribution in [0.15, 0.2) is 11.6 Å². The number of nitrogens with zero attached hydrogens (tertiary/aromatic N) is 2. The van der Waals surface area contributed by atoms with E-state index >= 15 is 0 Å². The van der Waals surface area contributed by atoms with Gasteiger partial charge in [0.1, 0.15) is 0 Å². The van der Waals surface area contributed by atoms with E-state index in [9.17, 15) is 4.79 Å². The van der Waals surface area contributed by atoms with Gasteiger partial charge in [0, 0.05) is 31.2 Å². The summed E-state index contributed by atoms with van der Waals surface area (Å²) < 4.78 is 0. The number of piperidine rings is 1. The van der Waals surface area contributed by atoms with Crippen molar-refractivity contribution in [2.24, 2.45) is 5.92 Å². The summed E-state index contributed by atoms with van der Waals surface area (Å²) in [7, 11) is 0. The molecule has 0 aliphatic carbocycles. The minimum Gasteiger partial charge on any atom is -0.337 e. The number of thiazole rings is 1. The van der Waals surface area contributed by atoms with E-state index in [0.717, 1.165) is 25.6 Å². The highest BCUT2D eigenvalue weighted by Gasteiger charge is 2.15. The number of likely N-dealkylation sites (tertiary alicyclic amines) is 1. The normalized spacial score (nSPS) is 20.6. The Morgan fingerprint density at radius 1 is 1.67 bits per heavy atom. The van der Waals surface area contributed by atoms with Crippen molar-refractivity contribution >= 4 is 22.5 Å². The Kier molecular flexibility index (Phi) is 4.95. The maximum absolute atomic E-state index is 11.5. The van der Waals surface area contributed by atoms with Gasteiger partial charge in [-0.2, -0.15) is 0 Å². The first-order valence-corrected chi connectivity index (χ1v) is 7.28. The monoisotopic (exact) mass is 268 g/mol. The Balaban J connectivity index is 1.61. The maximum Gasteiger partial charge on any atom is 0.321 e. The second-order valence-electron chi connectivity index (χ2n) is 4.77. The van der Waals surface area contributed by atoms with E-state index in [2.05, 4.69) is 27.4 Å². The zero-order valence-corrected chi connectivity index (χ0v) is 11.5. The fraction of sp³-hybridized carbons (Fsp3) is 0.667. The van der Waals surface area contributed by atoms with E-state index in [0.29, 0.717) is 11.7 Å². The van der Waals surface area contributed by atoms with Crippen LogP contribution in [0.25, 0.3) is 0 Å². The van der Waals surface area contributed by atoms with Gasteiger partial charge in [-0.3, -0.25) is 5.32 Å². The minimum absolute atomic E-state index is 0.171. The molecule has 1 aromatic heterocycles. The van der Waals surface area contributed by atoms with Gasteiger partial charge in [-0.1, -0.05) is 6.92 Å². The van der Waals surface area contributed by atoms with E-state index in [1.165, 1.54) is 24.2 Å². The van der Waals surface area contributed by atoms with Crippen LogP contribution in [-0.4, -0.2) is 42.1 Å². The Morgan fingerprint density at radius 2 is 2.56 bits per heavy atom. The Labute approximate surface area is 112 Å². The van der Waals surface area contributed by atoms with Crippen molar-refractivity contribution in [2.75, 3.05) is 31.5 Å². The molecule has 0 bridgehead atoms. The van der Waals surface area contributed by atoms with Crippen LogP contribution in [0.5, 0.6) is 0 Å². The number of hydrogen-bond acceptors (Lipinski definition) is 4. The lowest BCUT2D eigenvalue weighted by Crippen LogP contribution is -2.41. The van der Waals surface area contributed by atoms with E-state index in [1.807, 2.05) is 5.38 Å². The van der Waals surface area contributed by atoms with Crippen LogP contribution in [0.3, 0.4) is 0 Å². The van der Waals surface area contributed by atoms with Crippen LogP contribution in [0.1, 0.15) is 19.8 Å². The van der Waals surface area contributed by atoms with Gasteiger partial charge in [0.2, 0.25) is 0 Å². The number of rotatable bonds is 4. The summed E-state index contributed by atoms with van der Waals surface area (Å²) in [5.41, 5.74) is 0. The summed E-state index contributed by atoms with van der Waals surface area (Å²) in [6, 6.07) is -0.171. The molecule has 1 saturated heterocycles. The number of hydrogen-bond donors (Lipinski definition) is 2. The van der Waals surface area contributed by atoms with Gasteiger partial charge in [-0.15, -0.1) is 11.3 Å². The number of aromatic nitrogens is 1. The summed E-state index contributed by atoms with van der Waals surface area (Å²) in [5.74, 6) is 0.780. The first-order chi connectivity index (χ1) is 8.74. The highest BCUT2D eigenvalue weighted by Crippen LogP contribution is 2.14. The Hall–Kier alpha value is -1.14. The van der Waals surface area contributed by atoms with E-state index < -0.39 is 0 Å². The van der Waals surface area contributed by atoms with Gasteiger partial charge in [0.25, 0.3) is 0 Å². The van der Waals surface area contributed by atoms with Crippen LogP contribution >= 0.6 is 11.3 Å². The summed E-state index contributed by atoms with van der Waals surface area (Å²) in [6.07, 6.45) is 4.27. The molecular weight excluding hydrogens is 248 g/mol. The van der Waals surface area contributed by atoms with Crippen LogP contribution in [0.4, 0.5) is 9.93 Å². The van der Waals surface area contributed by atoms with E-state index in [4.69, 9.17) is 0 Å². The predicted octanol–water partition coefficient (Wildman–Crippen LogP) is 2.00. The minimum atomic E-state index is -0.171. The van der Waals surface area contributed by atoms with E-state index in [-0.39, 0.29) is 6.03 Å². The van der Waals surface area contributed by atoms with Crippen molar-refractivity contribution < 1.29 is 4.79 Å². The summed E-state index contributed by atoms with van der Waals surface area (Å²) in [4.78, 5) is 18.0. The maximum atomic E-state index is 11.5. The number of nitrogens with one attached hydrogen (secondary N) is 2. The quantitative estimate of drug-likeness (QED) is 0.878. The molecule has 1 aliphatic rings. The molecular formula is C12H20N4OS. The van der Waals surface area contributed by atoms with E-state index in [1.54, 1.807) is 6.20 Å². The zero-order valence-electron chi connectivity index (χ0n) is 10.7. The highest BCUT2D eigenvalue weighted by molar-refractivity contribution is 7.13. The molecule has 2 amide bonds. The molecule has 1 atom stereocenters. The molecule has 100 valence electrons. The molecule has 6 heteroatoms. The lowest BCUT2D eigenvalue weighted by Gasteiger charge is -2.30. The third-order valence-electron chi connectivity index (χ3n) is 3.11. The van der Waals surface area contributed by atoms with Crippen LogP contribution in [0.2, 0.25) is 0 Å². The SMILES string of the molecule is C[C@H]1CCCN(CCNC(=O)Nc2nccs2)C1. The largest absolute Gasteiger partial charge is 0.337 e. The van der Waals surface area contributed by atoms with Gasteiger partial charge in [0.15, 0.2) is 5.13 Å². The summed E-state index contributed by atoms with van der Waals surface area (Å²) >= 11 is 1.42. The van der Waals surface area contributed by atoms with Gasteiger partial charge < -0.3 is 10.2 Å². The van der Waals surface area contributed by atoms with Gasteiger partial charge in [-0.25, -0.2) is 9.78 Å². The Bertz CT molecular complexity index is 368. The van der Waals surface area contributed by atoms with Crippen molar-refractivity contribution in [3.63, 3.8) is 0 Å². The number of carbonyl (C=O) groups is 1. The van der Waals surface area contributed by atoms with Crippen LogP contribution in [-0.2, 0) is 0 Å². The van der Waals surface area contributed by atoms with Gasteiger partial charge >= 0.3 is 6.03 Å². The number of amides is 2. The second-order valence-corrected chi connectivity index (χ2v) is 5.66. The van der Waals surface area contributed by atoms with Gasteiger partial charge in [0.05, 0.1) is 0 Å². The predicted molar refractivity (Wildman–Crippen MR) is 74.0 cm³/mol. The highest BCUT2D eigenvalue weighted by atomic mass is 32.1. The molecule has 2 heterocycles. The summed E-state index contributed by atoms with van der Waals surface area (Å²) in [5, 5.41) is 8.04. The molecule has 0 saturated carbocycles. The zero-order chi connectivity index (χ0) is 12.8. The standard InChI is InChI=1S/C12H20N4OS/c1-10-3-2-6-16(9-10)7-4-13-11(17)15-12-14-5-8-18-12/h5,8,10H,2-4,6-7,9H2,1H3,(H2,13,14,15,17)/t10-/m0/s1. The first kappa shape index (κ1) is 13.3. The molecule has 1 aliphatic heterocycles. The molecule has 0 aromatic carbocycles. The van der Waals surface area contributed by atoms with Crippen LogP contribution < -0.4 is 10.6 Å². The lowest BCUT2D eigenvalue weighted by molar-refractivity contribution is 0.184. The molecule has 1 fully saturated rings. The van der Waals surface area contributed by atoms with Gasteiger partial charge in [-0.05, 0) is 25.3 Å². The molecule has 1 aromatic rings. The van der Waals surface area contributed by atoms with Crippen LogP contribution in [0, 0.1) is 5.92 Å². The average molecular weight is 268 g/mol. The Morgan fingerprint density at radius 3 is 3.28 bits per heavy atom. The summed E-state index contributed by atoms with van der Waals surface area (Å²) in [6.45, 7) is 6.20. The molecule has 0 radical (unpaired) electrons. The lowest BCUT2D eigenvalue weighted by atomic mass is 10.0. The average Bonchev–Trinajstić information content (AvgIpc) is 2.82. The smallest absolute Gasteiger partial charge is 0.321 e. The fourth-order valence-corrected chi connectivity index (χ4v) is 2.77. The third kappa shape index (κ3) is 4.27. The first-order valence-electron chi connectivity index (χ1n) is 6.41. The van der Waals surface area contributed by atoms with Crippen molar-refractivity contribution in [2.45, 2.75) is 19.8 Å². The molecule has 5 nitrogen and oxygen atoms in total. The number of urea groups is 1.